The van der Waals surface area contributed by atoms with Gasteiger partial charge in [-0.3, -0.25) is 4.79 Å². The molecule has 8 heteroatoms. The molecule has 0 radical (unpaired) electrons. The summed E-state index contributed by atoms with van der Waals surface area (Å²) in [6.07, 6.45) is -0.408. The van der Waals surface area contributed by atoms with Crippen LogP contribution in [-0.2, 0) is 11.2 Å². The van der Waals surface area contributed by atoms with E-state index >= 15 is 0 Å². The molecule has 0 atom stereocenters. The molecule has 0 aliphatic rings. The van der Waals surface area contributed by atoms with Gasteiger partial charge in [0, 0.05) is 5.56 Å². The number of carbonyl (C=O) groups is 1. The van der Waals surface area contributed by atoms with E-state index in [4.69, 9.17) is 0 Å². The van der Waals surface area contributed by atoms with Gasteiger partial charge in [-0.15, -0.1) is 11.3 Å². The van der Waals surface area contributed by atoms with Gasteiger partial charge in [0.1, 0.15) is 17.3 Å². The molecule has 0 saturated heterocycles. The smallest absolute Gasteiger partial charge is 0.230 e. The van der Waals surface area contributed by atoms with Crippen molar-refractivity contribution in [2.24, 2.45) is 0 Å². The highest BCUT2D eigenvalue weighted by Gasteiger charge is 2.20. The number of amides is 1. The minimum Gasteiger partial charge on any atom is -0.302 e. The van der Waals surface area contributed by atoms with Crippen molar-refractivity contribution in [1.29, 1.82) is 0 Å². The number of rotatable bonds is 5. The van der Waals surface area contributed by atoms with Crippen LogP contribution in [0.3, 0.4) is 0 Å². The van der Waals surface area contributed by atoms with E-state index in [0.29, 0.717) is 10.8 Å². The van der Waals surface area contributed by atoms with Crippen LogP contribution >= 0.6 is 22.7 Å². The number of thiazole rings is 2. The lowest BCUT2D eigenvalue weighted by Gasteiger charge is -2.04. The lowest BCUT2D eigenvalue weighted by atomic mass is 10.1. The number of halogens is 2. The Morgan fingerprint density at radius 2 is 1.85 bits per heavy atom. The van der Waals surface area contributed by atoms with Crippen molar-refractivity contribution >= 4 is 39.3 Å². The summed E-state index contributed by atoms with van der Waals surface area (Å²) in [6.45, 7) is 9.65. The Bertz CT molecular complexity index is 1020. The highest BCUT2D eigenvalue weighted by Crippen LogP contribution is 2.39. The molecule has 140 valence electrons. The van der Waals surface area contributed by atoms with Crippen molar-refractivity contribution in [3.8, 4) is 10.6 Å². The maximum Gasteiger partial charge on any atom is 0.230 e. The zero-order valence-electron chi connectivity index (χ0n) is 15.0. The van der Waals surface area contributed by atoms with Gasteiger partial charge in [0.25, 0.3) is 0 Å². The molecule has 0 aliphatic heterocycles. The highest BCUT2D eigenvalue weighted by molar-refractivity contribution is 7.18. The minimum atomic E-state index is -0.747. The first-order valence-corrected chi connectivity index (χ1v) is 9.73. The third kappa shape index (κ3) is 4.12. The second-order valence-corrected chi connectivity index (χ2v) is 8.25. The molecule has 0 unspecified atom stereocenters. The fourth-order valence-electron chi connectivity index (χ4n) is 2.59. The number of anilines is 1. The van der Waals surface area contributed by atoms with Crippen LogP contribution in [0, 0.1) is 25.5 Å². The van der Waals surface area contributed by atoms with E-state index in [1.54, 1.807) is 0 Å². The van der Waals surface area contributed by atoms with E-state index < -0.39 is 24.0 Å². The Morgan fingerprint density at radius 3 is 2.41 bits per heavy atom. The quantitative estimate of drug-likeness (QED) is 0.620. The highest BCUT2D eigenvalue weighted by atomic mass is 32.1. The number of benzene rings is 1. The Hall–Kier alpha value is -2.45. The standard InChI is InChI=1S/C19H17F2N3OS2/c1-9(2)17-16(18-10(3)22-11(4)26-18)24-19(27-17)23-15(25)8-12-13(20)6-5-7-14(12)21/h5-7H,1,8H2,2-4H3,(H,23,24,25). The molecule has 0 fully saturated rings. The van der Waals surface area contributed by atoms with Gasteiger partial charge >= 0.3 is 0 Å². The third-order valence-electron chi connectivity index (χ3n) is 3.78. The van der Waals surface area contributed by atoms with Crippen molar-refractivity contribution in [3.63, 3.8) is 0 Å². The molecule has 4 nitrogen and oxygen atoms in total. The number of aromatic nitrogens is 2. The molecule has 1 N–H and O–H groups in total. The number of carbonyl (C=O) groups excluding carboxylic acids is 1. The first-order valence-electron chi connectivity index (χ1n) is 8.10. The average Bonchev–Trinajstić information content (AvgIpc) is 3.13. The van der Waals surface area contributed by atoms with E-state index in [1.807, 2.05) is 20.8 Å². The SMILES string of the molecule is C=C(C)c1sc(NC(=O)Cc2c(F)cccc2F)nc1-c1sc(C)nc1C. The lowest BCUT2D eigenvalue weighted by molar-refractivity contribution is -0.115. The number of hydrogen-bond donors (Lipinski definition) is 1. The summed E-state index contributed by atoms with van der Waals surface area (Å²) in [5.74, 6) is -2.03. The number of allylic oxidation sites excluding steroid dienone is 1. The van der Waals surface area contributed by atoms with Gasteiger partial charge < -0.3 is 5.32 Å². The number of nitrogens with one attached hydrogen (secondary N) is 1. The average molecular weight is 405 g/mol. The summed E-state index contributed by atoms with van der Waals surface area (Å²) in [6, 6.07) is 3.51. The van der Waals surface area contributed by atoms with Crippen molar-refractivity contribution in [3.05, 3.63) is 57.6 Å². The molecular weight excluding hydrogens is 388 g/mol. The maximum absolute atomic E-state index is 13.7. The summed E-state index contributed by atoms with van der Waals surface area (Å²) < 4.78 is 27.5. The van der Waals surface area contributed by atoms with Gasteiger partial charge in [-0.05, 0) is 38.5 Å². The fourth-order valence-corrected chi connectivity index (χ4v) is 4.49. The van der Waals surface area contributed by atoms with Gasteiger partial charge in [0.05, 0.1) is 26.9 Å². The van der Waals surface area contributed by atoms with Crippen molar-refractivity contribution in [2.75, 3.05) is 5.32 Å². The normalized spacial score (nSPS) is 10.9. The predicted molar refractivity (Wildman–Crippen MR) is 106 cm³/mol. The van der Waals surface area contributed by atoms with E-state index in [-0.39, 0.29) is 5.56 Å². The summed E-state index contributed by atoms with van der Waals surface area (Å²) in [7, 11) is 0. The van der Waals surface area contributed by atoms with Gasteiger partial charge in [-0.1, -0.05) is 24.0 Å². The predicted octanol–water partition coefficient (Wildman–Crippen LogP) is 5.38. The number of nitrogens with zero attached hydrogens (tertiary/aromatic N) is 2. The summed E-state index contributed by atoms with van der Waals surface area (Å²) in [5, 5.41) is 3.91. The summed E-state index contributed by atoms with van der Waals surface area (Å²) in [5.41, 5.74) is 2.12. The van der Waals surface area contributed by atoms with Gasteiger partial charge in [-0.25, -0.2) is 18.7 Å². The van der Waals surface area contributed by atoms with Crippen LogP contribution in [0.15, 0.2) is 24.8 Å². The van der Waals surface area contributed by atoms with Crippen LogP contribution in [0.2, 0.25) is 0 Å². The van der Waals surface area contributed by atoms with Gasteiger partial charge in [0.2, 0.25) is 5.91 Å². The van der Waals surface area contributed by atoms with Crippen molar-refractivity contribution < 1.29 is 13.6 Å². The summed E-state index contributed by atoms with van der Waals surface area (Å²) >= 11 is 2.79. The van der Waals surface area contributed by atoms with E-state index in [0.717, 1.165) is 38.2 Å². The molecule has 3 rings (SSSR count). The molecule has 2 aromatic heterocycles. The molecule has 3 aromatic rings. The van der Waals surface area contributed by atoms with Crippen molar-refractivity contribution in [1.82, 2.24) is 9.97 Å². The van der Waals surface area contributed by atoms with E-state index in [1.165, 1.54) is 28.7 Å². The van der Waals surface area contributed by atoms with Crippen molar-refractivity contribution in [2.45, 2.75) is 27.2 Å². The number of hydrogen-bond acceptors (Lipinski definition) is 5. The number of aryl methyl sites for hydroxylation is 2. The van der Waals surface area contributed by atoms with E-state index in [2.05, 4.69) is 21.9 Å². The summed E-state index contributed by atoms with van der Waals surface area (Å²) in [4.78, 5) is 23.0. The molecule has 1 amide bonds. The maximum atomic E-state index is 13.7. The Kier molecular flexibility index (Phi) is 5.48. The van der Waals surface area contributed by atoms with Crippen LogP contribution < -0.4 is 5.32 Å². The lowest BCUT2D eigenvalue weighted by Crippen LogP contribution is -2.16. The molecule has 0 saturated carbocycles. The second-order valence-electron chi connectivity index (χ2n) is 6.05. The first kappa shape index (κ1) is 19.3. The topological polar surface area (TPSA) is 54.9 Å². The minimum absolute atomic E-state index is 0.263. The van der Waals surface area contributed by atoms with Crippen LogP contribution in [0.5, 0.6) is 0 Å². The molecular formula is C19H17F2N3OS2. The van der Waals surface area contributed by atoms with Crippen LogP contribution in [0.25, 0.3) is 16.1 Å². The molecule has 1 aromatic carbocycles. The third-order valence-corrected chi connectivity index (χ3v) is 5.99. The van der Waals surface area contributed by atoms with Crippen LogP contribution in [-0.4, -0.2) is 15.9 Å². The monoisotopic (exact) mass is 405 g/mol. The van der Waals surface area contributed by atoms with Crippen LogP contribution in [0.4, 0.5) is 13.9 Å². The van der Waals surface area contributed by atoms with E-state index in [9.17, 15) is 13.6 Å². The molecule has 27 heavy (non-hydrogen) atoms. The second kappa shape index (κ2) is 7.66. The molecule has 0 bridgehead atoms. The molecule has 0 aliphatic carbocycles. The molecule has 2 heterocycles. The molecule has 0 spiro atoms. The zero-order valence-corrected chi connectivity index (χ0v) is 16.7. The van der Waals surface area contributed by atoms with Gasteiger partial charge in [0.15, 0.2) is 5.13 Å². The first-order chi connectivity index (χ1) is 12.8. The fraction of sp³-hybridized carbons (Fsp3) is 0.211. The largest absolute Gasteiger partial charge is 0.302 e. The zero-order chi connectivity index (χ0) is 19.7. The van der Waals surface area contributed by atoms with Crippen LogP contribution in [0.1, 0.15) is 28.1 Å². The Morgan fingerprint density at radius 1 is 1.19 bits per heavy atom. The Labute approximate surface area is 163 Å². The Balaban J connectivity index is 1.87. The van der Waals surface area contributed by atoms with Gasteiger partial charge in [-0.2, -0.15) is 0 Å².